The van der Waals surface area contributed by atoms with Crippen LogP contribution in [0.2, 0.25) is 0 Å². The summed E-state index contributed by atoms with van der Waals surface area (Å²) >= 11 is 0. The molecule has 0 saturated carbocycles. The molecule has 1 amide bonds. The van der Waals surface area contributed by atoms with Gasteiger partial charge >= 0.3 is 0 Å². The molecule has 0 fully saturated rings. The van der Waals surface area contributed by atoms with E-state index in [4.69, 9.17) is 5.11 Å². The minimum Gasteiger partial charge on any atom is -0.390 e. The summed E-state index contributed by atoms with van der Waals surface area (Å²) in [5, 5.41) is 19.1. The summed E-state index contributed by atoms with van der Waals surface area (Å²) in [6, 6.07) is 7.71. The van der Waals surface area contributed by atoms with E-state index in [0.717, 1.165) is 12.1 Å². The standard InChI is InChI=1S/C13H16N4O2/c1-2-10-3-5-11(6-4-10)14-13(19)8-17-7-12(9-18)15-16-17/h3-7,18H,2,8-9H2,1H3,(H,14,19). The van der Waals surface area contributed by atoms with Crippen LogP contribution in [0, 0.1) is 0 Å². The van der Waals surface area contributed by atoms with Gasteiger partial charge in [-0.2, -0.15) is 0 Å². The van der Waals surface area contributed by atoms with Crippen LogP contribution in [0.1, 0.15) is 18.2 Å². The topological polar surface area (TPSA) is 80.0 Å². The van der Waals surface area contributed by atoms with Crippen molar-refractivity contribution in [2.75, 3.05) is 5.32 Å². The van der Waals surface area contributed by atoms with E-state index in [0.29, 0.717) is 5.69 Å². The zero-order valence-electron chi connectivity index (χ0n) is 10.7. The van der Waals surface area contributed by atoms with Gasteiger partial charge in [0.2, 0.25) is 5.91 Å². The van der Waals surface area contributed by atoms with E-state index in [1.807, 2.05) is 24.3 Å². The molecule has 0 aliphatic rings. The Morgan fingerprint density at radius 3 is 2.68 bits per heavy atom. The molecule has 1 heterocycles. The molecule has 0 unspecified atom stereocenters. The third-order valence-electron chi connectivity index (χ3n) is 2.70. The van der Waals surface area contributed by atoms with E-state index in [9.17, 15) is 4.79 Å². The number of hydrogen-bond acceptors (Lipinski definition) is 4. The smallest absolute Gasteiger partial charge is 0.246 e. The second kappa shape index (κ2) is 6.10. The maximum absolute atomic E-state index is 11.8. The van der Waals surface area contributed by atoms with E-state index in [1.54, 1.807) is 6.20 Å². The summed E-state index contributed by atoms with van der Waals surface area (Å²) in [6.45, 7) is 1.97. The van der Waals surface area contributed by atoms with Gasteiger partial charge in [0.05, 0.1) is 12.8 Å². The SMILES string of the molecule is CCc1ccc(NC(=O)Cn2cc(CO)nn2)cc1. The van der Waals surface area contributed by atoms with Crippen molar-refractivity contribution in [2.24, 2.45) is 0 Å². The van der Waals surface area contributed by atoms with Crippen molar-refractivity contribution in [3.8, 4) is 0 Å². The number of aliphatic hydroxyl groups excluding tert-OH is 1. The van der Waals surface area contributed by atoms with Crippen molar-refractivity contribution < 1.29 is 9.90 Å². The van der Waals surface area contributed by atoms with Gasteiger partial charge in [-0.15, -0.1) is 5.10 Å². The molecule has 0 radical (unpaired) electrons. The van der Waals surface area contributed by atoms with Gasteiger partial charge in [-0.05, 0) is 24.1 Å². The molecule has 1 aromatic heterocycles. The number of nitrogens with zero attached hydrogens (tertiary/aromatic N) is 3. The quantitative estimate of drug-likeness (QED) is 0.839. The fraction of sp³-hybridized carbons (Fsp3) is 0.308. The molecule has 2 N–H and O–H groups in total. The molecule has 0 aliphatic heterocycles. The average Bonchev–Trinajstić information content (AvgIpc) is 2.87. The Morgan fingerprint density at radius 1 is 1.37 bits per heavy atom. The van der Waals surface area contributed by atoms with Crippen molar-refractivity contribution in [1.82, 2.24) is 15.0 Å². The second-order valence-electron chi connectivity index (χ2n) is 4.16. The first-order chi connectivity index (χ1) is 9.21. The molecule has 0 bridgehead atoms. The summed E-state index contributed by atoms with van der Waals surface area (Å²) in [7, 11) is 0. The molecule has 2 aromatic rings. The highest BCUT2D eigenvalue weighted by atomic mass is 16.3. The van der Waals surface area contributed by atoms with Crippen LogP contribution in [-0.4, -0.2) is 26.0 Å². The molecular weight excluding hydrogens is 244 g/mol. The van der Waals surface area contributed by atoms with Crippen LogP contribution in [0.25, 0.3) is 0 Å². The summed E-state index contributed by atoms with van der Waals surface area (Å²) < 4.78 is 1.39. The number of amides is 1. The van der Waals surface area contributed by atoms with Gasteiger partial charge in [0.1, 0.15) is 12.2 Å². The summed E-state index contributed by atoms with van der Waals surface area (Å²) in [5.41, 5.74) is 2.42. The molecular formula is C13H16N4O2. The number of anilines is 1. The number of rotatable bonds is 5. The van der Waals surface area contributed by atoms with Crippen molar-refractivity contribution >= 4 is 11.6 Å². The summed E-state index contributed by atoms with van der Waals surface area (Å²) in [4.78, 5) is 11.8. The van der Waals surface area contributed by atoms with Gasteiger partial charge in [0.15, 0.2) is 0 Å². The number of aryl methyl sites for hydroxylation is 1. The lowest BCUT2D eigenvalue weighted by Gasteiger charge is -2.05. The lowest BCUT2D eigenvalue weighted by Crippen LogP contribution is -2.19. The molecule has 0 atom stereocenters. The van der Waals surface area contributed by atoms with E-state index in [1.165, 1.54) is 10.2 Å². The number of carbonyl (C=O) groups excluding carboxylic acids is 1. The van der Waals surface area contributed by atoms with Crippen molar-refractivity contribution in [1.29, 1.82) is 0 Å². The zero-order valence-corrected chi connectivity index (χ0v) is 10.7. The Labute approximate surface area is 111 Å². The van der Waals surface area contributed by atoms with Crippen LogP contribution >= 0.6 is 0 Å². The maximum atomic E-state index is 11.8. The van der Waals surface area contributed by atoms with Crippen LogP contribution in [0.15, 0.2) is 30.5 Å². The molecule has 0 aliphatic carbocycles. The van der Waals surface area contributed by atoms with Crippen LogP contribution in [0.3, 0.4) is 0 Å². The highest BCUT2D eigenvalue weighted by Gasteiger charge is 2.06. The minimum atomic E-state index is -0.182. The minimum absolute atomic E-state index is 0.0720. The fourth-order valence-electron chi connectivity index (χ4n) is 1.66. The zero-order chi connectivity index (χ0) is 13.7. The predicted octanol–water partition coefficient (Wildman–Crippen LogP) is 0.971. The molecule has 0 saturated heterocycles. The Morgan fingerprint density at radius 2 is 2.11 bits per heavy atom. The van der Waals surface area contributed by atoms with Crippen LogP contribution in [0.4, 0.5) is 5.69 Å². The Bertz CT molecular complexity index is 548. The number of aromatic nitrogens is 3. The number of nitrogens with one attached hydrogen (secondary N) is 1. The molecule has 0 spiro atoms. The lowest BCUT2D eigenvalue weighted by molar-refractivity contribution is -0.116. The third-order valence-corrected chi connectivity index (χ3v) is 2.70. The average molecular weight is 260 g/mol. The van der Waals surface area contributed by atoms with Crippen molar-refractivity contribution in [2.45, 2.75) is 26.5 Å². The van der Waals surface area contributed by atoms with Crippen LogP contribution < -0.4 is 5.32 Å². The van der Waals surface area contributed by atoms with E-state index in [-0.39, 0.29) is 19.1 Å². The number of carbonyl (C=O) groups is 1. The van der Waals surface area contributed by atoms with Gasteiger partial charge in [-0.1, -0.05) is 24.3 Å². The van der Waals surface area contributed by atoms with Gasteiger partial charge in [0, 0.05) is 5.69 Å². The summed E-state index contributed by atoms with van der Waals surface area (Å²) in [5.74, 6) is -0.182. The second-order valence-corrected chi connectivity index (χ2v) is 4.16. The van der Waals surface area contributed by atoms with E-state index in [2.05, 4.69) is 22.6 Å². The maximum Gasteiger partial charge on any atom is 0.246 e. The van der Waals surface area contributed by atoms with Gasteiger partial charge in [-0.25, -0.2) is 4.68 Å². The molecule has 6 heteroatoms. The highest BCUT2D eigenvalue weighted by molar-refractivity contribution is 5.90. The summed E-state index contributed by atoms with van der Waals surface area (Å²) in [6.07, 6.45) is 2.51. The Hall–Kier alpha value is -2.21. The largest absolute Gasteiger partial charge is 0.390 e. The first-order valence-corrected chi connectivity index (χ1v) is 6.10. The first-order valence-electron chi connectivity index (χ1n) is 6.10. The van der Waals surface area contributed by atoms with Crippen LogP contribution in [0.5, 0.6) is 0 Å². The highest BCUT2D eigenvalue weighted by Crippen LogP contribution is 2.09. The van der Waals surface area contributed by atoms with Gasteiger partial charge < -0.3 is 10.4 Å². The molecule has 1 aromatic carbocycles. The van der Waals surface area contributed by atoms with Gasteiger partial charge in [0.25, 0.3) is 0 Å². The fourth-order valence-corrected chi connectivity index (χ4v) is 1.66. The number of benzene rings is 1. The molecule has 100 valence electrons. The Kier molecular flexibility index (Phi) is 4.25. The van der Waals surface area contributed by atoms with E-state index < -0.39 is 0 Å². The third kappa shape index (κ3) is 3.62. The van der Waals surface area contributed by atoms with E-state index >= 15 is 0 Å². The first kappa shape index (κ1) is 13.2. The number of aliphatic hydroxyl groups is 1. The molecule has 6 nitrogen and oxygen atoms in total. The van der Waals surface area contributed by atoms with Gasteiger partial charge in [-0.3, -0.25) is 4.79 Å². The normalized spacial score (nSPS) is 10.4. The predicted molar refractivity (Wildman–Crippen MR) is 70.4 cm³/mol. The van der Waals surface area contributed by atoms with Crippen molar-refractivity contribution in [3.05, 3.63) is 41.7 Å². The monoisotopic (exact) mass is 260 g/mol. The Balaban J connectivity index is 1.93. The molecule has 2 rings (SSSR count). The number of hydrogen-bond donors (Lipinski definition) is 2. The lowest BCUT2D eigenvalue weighted by atomic mass is 10.1. The van der Waals surface area contributed by atoms with Crippen molar-refractivity contribution in [3.63, 3.8) is 0 Å². The van der Waals surface area contributed by atoms with Crippen LogP contribution in [-0.2, 0) is 24.4 Å². The molecule has 19 heavy (non-hydrogen) atoms.